The van der Waals surface area contributed by atoms with E-state index in [2.05, 4.69) is 64.0 Å². The average molecular weight is 405 g/mol. The molecule has 0 bridgehead atoms. The first-order valence-corrected chi connectivity index (χ1v) is 11.6. The molecule has 2 atom stereocenters. The van der Waals surface area contributed by atoms with Gasteiger partial charge in [0.25, 0.3) is 0 Å². The van der Waals surface area contributed by atoms with Crippen LogP contribution in [0.2, 0.25) is 0 Å². The second-order valence-electron chi connectivity index (χ2n) is 7.54. The predicted octanol–water partition coefficient (Wildman–Crippen LogP) is 4.13. The van der Waals surface area contributed by atoms with Crippen LogP contribution in [0.15, 0.2) is 34.6 Å². The maximum atomic E-state index is 4.42. The van der Waals surface area contributed by atoms with E-state index in [4.69, 9.17) is 0 Å². The maximum Gasteiger partial charge on any atom is 0.191 e. The molecule has 2 aromatic heterocycles. The van der Waals surface area contributed by atoms with Crippen molar-refractivity contribution in [3.63, 3.8) is 0 Å². The van der Waals surface area contributed by atoms with Crippen LogP contribution in [0.1, 0.15) is 34.4 Å². The number of aliphatic imine (C=N–C) groups is 1. The van der Waals surface area contributed by atoms with Crippen LogP contribution in [0.4, 0.5) is 0 Å². The molecule has 0 amide bonds. The molecule has 0 spiro atoms. The maximum absolute atomic E-state index is 4.42. The summed E-state index contributed by atoms with van der Waals surface area (Å²) in [4.78, 5) is 11.3. The first kappa shape index (κ1) is 20.4. The standard InChI is InChI=1S/C21H32N4S2/c1-16(12-19-9-8-17(2)27-19)24-21(22-3)23-13-18-6-4-10-25(14-18)15-20-7-5-11-26-20/h5,7-9,11,16,18H,4,6,10,12-15H2,1-3H3,(H2,22,23,24). The Bertz CT molecular complexity index is 708. The summed E-state index contributed by atoms with van der Waals surface area (Å²) in [6, 6.07) is 9.20. The van der Waals surface area contributed by atoms with E-state index in [-0.39, 0.29) is 0 Å². The number of thiophene rings is 2. The van der Waals surface area contributed by atoms with Crippen molar-refractivity contribution in [2.45, 2.75) is 45.7 Å². The molecule has 1 saturated heterocycles. The fourth-order valence-electron chi connectivity index (χ4n) is 3.70. The van der Waals surface area contributed by atoms with E-state index in [1.807, 2.05) is 29.7 Å². The molecular formula is C21H32N4S2. The van der Waals surface area contributed by atoms with Gasteiger partial charge in [-0.3, -0.25) is 9.89 Å². The van der Waals surface area contributed by atoms with E-state index < -0.39 is 0 Å². The largest absolute Gasteiger partial charge is 0.356 e. The highest BCUT2D eigenvalue weighted by Gasteiger charge is 2.20. The Hall–Kier alpha value is -1.37. The minimum Gasteiger partial charge on any atom is -0.356 e. The van der Waals surface area contributed by atoms with Crippen molar-refractivity contribution in [2.75, 3.05) is 26.7 Å². The molecule has 1 fully saturated rings. The van der Waals surface area contributed by atoms with Crippen molar-refractivity contribution < 1.29 is 0 Å². The quantitative estimate of drug-likeness (QED) is 0.538. The molecule has 0 aromatic carbocycles. The Morgan fingerprint density at radius 2 is 2.22 bits per heavy atom. The lowest BCUT2D eigenvalue weighted by Crippen LogP contribution is -2.46. The third kappa shape index (κ3) is 6.63. The van der Waals surface area contributed by atoms with Gasteiger partial charge in [0, 0.05) is 53.8 Å². The number of guanidine groups is 1. The van der Waals surface area contributed by atoms with Gasteiger partial charge in [-0.2, -0.15) is 0 Å². The van der Waals surface area contributed by atoms with Crippen LogP contribution < -0.4 is 10.6 Å². The Morgan fingerprint density at radius 1 is 1.33 bits per heavy atom. The summed E-state index contributed by atoms with van der Waals surface area (Å²) >= 11 is 3.75. The number of nitrogens with zero attached hydrogens (tertiary/aromatic N) is 2. The van der Waals surface area contributed by atoms with Crippen molar-refractivity contribution in [2.24, 2.45) is 10.9 Å². The van der Waals surface area contributed by atoms with Crippen LogP contribution >= 0.6 is 22.7 Å². The van der Waals surface area contributed by atoms with Crippen molar-refractivity contribution in [1.29, 1.82) is 0 Å². The number of hydrogen-bond acceptors (Lipinski definition) is 4. The fourth-order valence-corrected chi connectivity index (χ4v) is 5.47. The summed E-state index contributed by atoms with van der Waals surface area (Å²) in [7, 11) is 1.86. The van der Waals surface area contributed by atoms with Crippen molar-refractivity contribution in [1.82, 2.24) is 15.5 Å². The van der Waals surface area contributed by atoms with Gasteiger partial charge in [0.1, 0.15) is 0 Å². The lowest BCUT2D eigenvalue weighted by molar-refractivity contribution is 0.169. The minimum atomic E-state index is 0.371. The van der Waals surface area contributed by atoms with E-state index in [9.17, 15) is 0 Å². The Morgan fingerprint density at radius 3 is 2.93 bits per heavy atom. The zero-order valence-electron chi connectivity index (χ0n) is 16.7. The first-order valence-electron chi connectivity index (χ1n) is 9.89. The fraction of sp³-hybridized carbons (Fsp3) is 0.571. The number of piperidine rings is 1. The highest BCUT2D eigenvalue weighted by atomic mass is 32.1. The van der Waals surface area contributed by atoms with Gasteiger partial charge in [-0.05, 0) is 62.7 Å². The topological polar surface area (TPSA) is 39.7 Å². The van der Waals surface area contributed by atoms with E-state index in [1.54, 1.807) is 0 Å². The average Bonchev–Trinajstić information content (AvgIpc) is 3.30. The smallest absolute Gasteiger partial charge is 0.191 e. The monoisotopic (exact) mass is 404 g/mol. The summed E-state index contributed by atoms with van der Waals surface area (Å²) in [5.41, 5.74) is 0. The molecule has 2 N–H and O–H groups in total. The zero-order chi connectivity index (χ0) is 19.1. The SMILES string of the molecule is CN=C(NCC1CCCN(Cc2cccs2)C1)NC(C)Cc1ccc(C)s1. The van der Waals surface area contributed by atoms with Gasteiger partial charge in [-0.15, -0.1) is 22.7 Å². The molecule has 0 aliphatic carbocycles. The number of hydrogen-bond donors (Lipinski definition) is 2. The normalized spacial score (nSPS) is 19.8. The van der Waals surface area contributed by atoms with Crippen LogP contribution in [0.25, 0.3) is 0 Å². The predicted molar refractivity (Wildman–Crippen MR) is 119 cm³/mol. The molecule has 1 aliphatic rings. The molecular weight excluding hydrogens is 372 g/mol. The summed E-state index contributed by atoms with van der Waals surface area (Å²) in [6.45, 7) is 8.87. The van der Waals surface area contributed by atoms with Gasteiger partial charge >= 0.3 is 0 Å². The zero-order valence-corrected chi connectivity index (χ0v) is 18.3. The number of rotatable bonds is 7. The van der Waals surface area contributed by atoms with Crippen molar-refractivity contribution in [3.05, 3.63) is 44.3 Å². The lowest BCUT2D eigenvalue weighted by atomic mass is 9.98. The first-order chi connectivity index (χ1) is 13.1. The molecule has 3 heterocycles. The van der Waals surface area contributed by atoms with E-state index in [1.165, 1.54) is 40.6 Å². The lowest BCUT2D eigenvalue weighted by Gasteiger charge is -2.33. The highest BCUT2D eigenvalue weighted by Crippen LogP contribution is 2.20. The molecule has 27 heavy (non-hydrogen) atoms. The number of likely N-dealkylation sites (tertiary alicyclic amines) is 1. The molecule has 6 heteroatoms. The summed E-state index contributed by atoms with van der Waals surface area (Å²) in [5, 5.41) is 9.28. The van der Waals surface area contributed by atoms with Gasteiger partial charge in [0.2, 0.25) is 0 Å². The molecule has 4 nitrogen and oxygen atoms in total. The van der Waals surface area contributed by atoms with E-state index >= 15 is 0 Å². The van der Waals surface area contributed by atoms with Crippen LogP contribution in [0.5, 0.6) is 0 Å². The van der Waals surface area contributed by atoms with Crippen molar-refractivity contribution >= 4 is 28.6 Å². The van der Waals surface area contributed by atoms with Crippen LogP contribution in [-0.4, -0.2) is 43.6 Å². The Balaban J connectivity index is 1.41. The number of aryl methyl sites for hydroxylation is 1. The summed E-state index contributed by atoms with van der Waals surface area (Å²) < 4.78 is 0. The van der Waals surface area contributed by atoms with Crippen LogP contribution in [-0.2, 0) is 13.0 Å². The molecule has 3 rings (SSSR count). The third-order valence-electron chi connectivity index (χ3n) is 5.03. The van der Waals surface area contributed by atoms with Gasteiger partial charge in [0.15, 0.2) is 5.96 Å². The van der Waals surface area contributed by atoms with Crippen LogP contribution in [0, 0.1) is 12.8 Å². The summed E-state index contributed by atoms with van der Waals surface area (Å²) in [6.07, 6.45) is 3.63. The molecule has 148 valence electrons. The molecule has 2 aromatic rings. The van der Waals surface area contributed by atoms with Gasteiger partial charge < -0.3 is 10.6 Å². The van der Waals surface area contributed by atoms with Gasteiger partial charge in [-0.25, -0.2) is 0 Å². The summed E-state index contributed by atoms with van der Waals surface area (Å²) in [5.74, 6) is 1.61. The van der Waals surface area contributed by atoms with E-state index in [0.29, 0.717) is 12.0 Å². The second-order valence-corrected chi connectivity index (χ2v) is 9.94. The van der Waals surface area contributed by atoms with Crippen LogP contribution in [0.3, 0.4) is 0 Å². The number of nitrogens with one attached hydrogen (secondary N) is 2. The Kier molecular flexibility index (Phi) is 7.73. The molecule has 0 saturated carbocycles. The highest BCUT2D eigenvalue weighted by molar-refractivity contribution is 7.11. The molecule has 1 aliphatic heterocycles. The van der Waals surface area contributed by atoms with Crippen molar-refractivity contribution in [3.8, 4) is 0 Å². The molecule has 0 radical (unpaired) electrons. The second kappa shape index (κ2) is 10.2. The minimum absolute atomic E-state index is 0.371. The Labute approximate surface area is 171 Å². The van der Waals surface area contributed by atoms with Gasteiger partial charge in [-0.1, -0.05) is 6.07 Å². The third-order valence-corrected chi connectivity index (χ3v) is 6.92. The van der Waals surface area contributed by atoms with Gasteiger partial charge in [0.05, 0.1) is 0 Å². The van der Waals surface area contributed by atoms with E-state index in [0.717, 1.165) is 25.5 Å². The molecule has 2 unspecified atom stereocenters.